The summed E-state index contributed by atoms with van der Waals surface area (Å²) in [7, 11) is 0. The molecule has 168 valence electrons. The zero-order valence-corrected chi connectivity index (χ0v) is 18.4. The molecule has 1 aliphatic heterocycles. The number of aromatic nitrogens is 3. The molecule has 9 nitrogen and oxygen atoms in total. The molecular weight excluding hydrogens is 408 g/mol. The fourth-order valence-electron chi connectivity index (χ4n) is 3.39. The van der Waals surface area contributed by atoms with Crippen LogP contribution in [0.4, 0.5) is 10.6 Å². The van der Waals surface area contributed by atoms with Gasteiger partial charge in [-0.3, -0.25) is 0 Å². The molecule has 0 atom stereocenters. The maximum absolute atomic E-state index is 12.4. The second-order valence-corrected chi connectivity index (χ2v) is 7.88. The van der Waals surface area contributed by atoms with E-state index in [1.165, 1.54) is 0 Å². The lowest BCUT2D eigenvalue weighted by Crippen LogP contribution is -2.52. The number of piperazine rings is 1. The molecule has 0 unspecified atom stereocenters. The second-order valence-electron chi connectivity index (χ2n) is 7.88. The largest absolute Gasteiger partial charge is 0.492 e. The normalized spacial score (nSPS) is 14.0. The molecule has 1 saturated heterocycles. The van der Waals surface area contributed by atoms with Crippen LogP contribution in [-0.4, -0.2) is 65.4 Å². The standard InChI is InChI=1S/C23H28N6O3/c1-17(2)22-26-21(27-32-22)18-8-9-20(25-16-18)28-11-13-29(14-12-28)23(30)24-10-15-31-19-6-4-3-5-7-19/h3-9,16-17H,10-15H2,1-2H3,(H,24,30). The summed E-state index contributed by atoms with van der Waals surface area (Å²) in [5, 5.41) is 6.95. The number of anilines is 1. The fraction of sp³-hybridized carbons (Fsp3) is 0.391. The van der Waals surface area contributed by atoms with Gasteiger partial charge in [0.2, 0.25) is 11.7 Å². The van der Waals surface area contributed by atoms with Crippen LogP contribution in [0.25, 0.3) is 11.4 Å². The van der Waals surface area contributed by atoms with E-state index in [9.17, 15) is 4.79 Å². The van der Waals surface area contributed by atoms with E-state index < -0.39 is 0 Å². The number of ether oxygens (including phenoxy) is 1. The number of hydrogen-bond donors (Lipinski definition) is 1. The quantitative estimate of drug-likeness (QED) is 0.568. The third kappa shape index (κ3) is 5.35. The van der Waals surface area contributed by atoms with Crippen molar-refractivity contribution < 1.29 is 14.1 Å². The predicted octanol–water partition coefficient (Wildman–Crippen LogP) is 3.17. The third-order valence-corrected chi connectivity index (χ3v) is 5.22. The Bertz CT molecular complexity index is 998. The zero-order valence-electron chi connectivity index (χ0n) is 18.4. The van der Waals surface area contributed by atoms with Gasteiger partial charge in [-0.15, -0.1) is 0 Å². The SMILES string of the molecule is CC(C)c1nc(-c2ccc(N3CCN(C(=O)NCCOc4ccccc4)CC3)nc2)no1. The number of amides is 2. The Morgan fingerprint density at radius 3 is 2.56 bits per heavy atom. The number of carbonyl (C=O) groups is 1. The first-order chi connectivity index (χ1) is 15.6. The number of pyridine rings is 1. The Labute approximate surface area is 187 Å². The van der Waals surface area contributed by atoms with Crippen LogP contribution >= 0.6 is 0 Å². The molecule has 3 aromatic rings. The molecule has 1 aromatic carbocycles. The van der Waals surface area contributed by atoms with Gasteiger partial charge in [-0.1, -0.05) is 37.2 Å². The third-order valence-electron chi connectivity index (χ3n) is 5.22. The Morgan fingerprint density at radius 1 is 1.12 bits per heavy atom. The first-order valence-corrected chi connectivity index (χ1v) is 10.9. The molecule has 0 radical (unpaired) electrons. The van der Waals surface area contributed by atoms with E-state index >= 15 is 0 Å². The van der Waals surface area contributed by atoms with Crippen molar-refractivity contribution in [3.05, 3.63) is 54.6 Å². The lowest BCUT2D eigenvalue weighted by atomic mass is 10.2. The molecule has 1 aliphatic rings. The molecule has 0 spiro atoms. The second kappa shape index (κ2) is 10.1. The first-order valence-electron chi connectivity index (χ1n) is 10.9. The molecule has 9 heteroatoms. The van der Waals surface area contributed by atoms with Gasteiger partial charge in [0.05, 0.1) is 6.54 Å². The number of rotatable bonds is 7. The van der Waals surface area contributed by atoms with Crippen LogP contribution in [0.1, 0.15) is 25.7 Å². The van der Waals surface area contributed by atoms with Crippen molar-refractivity contribution in [3.8, 4) is 17.1 Å². The molecule has 32 heavy (non-hydrogen) atoms. The monoisotopic (exact) mass is 436 g/mol. The molecule has 1 fully saturated rings. The summed E-state index contributed by atoms with van der Waals surface area (Å²) < 4.78 is 10.9. The number of benzene rings is 1. The highest BCUT2D eigenvalue weighted by Gasteiger charge is 2.22. The minimum Gasteiger partial charge on any atom is -0.492 e. The van der Waals surface area contributed by atoms with Gasteiger partial charge in [-0.05, 0) is 24.3 Å². The molecule has 1 N–H and O–H groups in total. The van der Waals surface area contributed by atoms with Crippen LogP contribution in [0.5, 0.6) is 5.75 Å². The van der Waals surface area contributed by atoms with Crippen molar-refractivity contribution in [1.29, 1.82) is 0 Å². The van der Waals surface area contributed by atoms with Crippen molar-refractivity contribution in [3.63, 3.8) is 0 Å². The highest BCUT2D eigenvalue weighted by molar-refractivity contribution is 5.74. The average Bonchev–Trinajstić information content (AvgIpc) is 3.33. The summed E-state index contributed by atoms with van der Waals surface area (Å²) in [4.78, 5) is 25.4. The minimum atomic E-state index is -0.0670. The topological polar surface area (TPSA) is 96.6 Å². The van der Waals surface area contributed by atoms with E-state index in [2.05, 4.69) is 25.3 Å². The predicted molar refractivity (Wildman–Crippen MR) is 121 cm³/mol. The number of para-hydroxylation sites is 1. The maximum atomic E-state index is 12.4. The fourth-order valence-corrected chi connectivity index (χ4v) is 3.39. The van der Waals surface area contributed by atoms with Gasteiger partial charge < -0.3 is 24.4 Å². The van der Waals surface area contributed by atoms with Crippen LogP contribution in [0.3, 0.4) is 0 Å². The van der Waals surface area contributed by atoms with Gasteiger partial charge in [-0.25, -0.2) is 9.78 Å². The average molecular weight is 437 g/mol. The number of hydrogen-bond acceptors (Lipinski definition) is 7. The molecule has 4 rings (SSSR count). The van der Waals surface area contributed by atoms with E-state index in [1.54, 1.807) is 6.20 Å². The van der Waals surface area contributed by atoms with E-state index in [4.69, 9.17) is 9.26 Å². The number of nitrogens with zero attached hydrogens (tertiary/aromatic N) is 5. The smallest absolute Gasteiger partial charge is 0.317 e. The van der Waals surface area contributed by atoms with Gasteiger partial charge in [-0.2, -0.15) is 4.98 Å². The number of carbonyl (C=O) groups excluding carboxylic acids is 1. The van der Waals surface area contributed by atoms with Crippen LogP contribution in [0.2, 0.25) is 0 Å². The summed E-state index contributed by atoms with van der Waals surface area (Å²) in [6, 6.07) is 13.4. The van der Waals surface area contributed by atoms with Gasteiger partial charge >= 0.3 is 6.03 Å². The summed E-state index contributed by atoms with van der Waals surface area (Å²) in [6.45, 7) is 7.64. The Kier molecular flexibility index (Phi) is 6.84. The van der Waals surface area contributed by atoms with Gasteiger partial charge in [0.25, 0.3) is 0 Å². The molecular formula is C23H28N6O3. The van der Waals surface area contributed by atoms with Gasteiger partial charge in [0.1, 0.15) is 18.2 Å². The lowest BCUT2D eigenvalue weighted by molar-refractivity contribution is 0.191. The van der Waals surface area contributed by atoms with E-state index in [0.29, 0.717) is 38.0 Å². The van der Waals surface area contributed by atoms with Gasteiger partial charge in [0.15, 0.2) is 0 Å². The molecule has 0 bridgehead atoms. The highest BCUT2D eigenvalue weighted by atomic mass is 16.5. The molecule has 0 aliphatic carbocycles. The Balaban J connectivity index is 1.22. The van der Waals surface area contributed by atoms with E-state index in [1.807, 2.05) is 61.2 Å². The van der Waals surface area contributed by atoms with Crippen LogP contribution in [0.15, 0.2) is 53.2 Å². The van der Waals surface area contributed by atoms with Crippen molar-refractivity contribution in [2.45, 2.75) is 19.8 Å². The summed E-state index contributed by atoms with van der Waals surface area (Å²) in [6.07, 6.45) is 1.76. The summed E-state index contributed by atoms with van der Waals surface area (Å²) in [5.74, 6) is 3.02. The number of nitrogens with one attached hydrogen (secondary N) is 1. The Morgan fingerprint density at radius 2 is 1.91 bits per heavy atom. The van der Waals surface area contributed by atoms with Crippen molar-refractivity contribution in [1.82, 2.24) is 25.3 Å². The van der Waals surface area contributed by atoms with Crippen molar-refractivity contribution in [2.24, 2.45) is 0 Å². The summed E-state index contributed by atoms with van der Waals surface area (Å²) in [5.41, 5.74) is 0.820. The highest BCUT2D eigenvalue weighted by Crippen LogP contribution is 2.21. The molecule has 2 amide bonds. The van der Waals surface area contributed by atoms with Crippen molar-refractivity contribution >= 4 is 11.8 Å². The first kappa shape index (κ1) is 21.6. The minimum absolute atomic E-state index is 0.0670. The van der Waals surface area contributed by atoms with Gasteiger partial charge in [0, 0.05) is 43.9 Å². The van der Waals surface area contributed by atoms with E-state index in [-0.39, 0.29) is 11.9 Å². The number of urea groups is 1. The lowest BCUT2D eigenvalue weighted by Gasteiger charge is -2.35. The van der Waals surface area contributed by atoms with E-state index in [0.717, 1.165) is 30.2 Å². The molecule has 3 heterocycles. The zero-order chi connectivity index (χ0) is 22.3. The molecule has 0 saturated carbocycles. The van der Waals surface area contributed by atoms with Crippen LogP contribution < -0.4 is 15.0 Å². The van der Waals surface area contributed by atoms with Crippen LogP contribution in [-0.2, 0) is 0 Å². The van der Waals surface area contributed by atoms with Crippen molar-refractivity contribution in [2.75, 3.05) is 44.2 Å². The molecule has 2 aromatic heterocycles. The maximum Gasteiger partial charge on any atom is 0.317 e. The summed E-state index contributed by atoms with van der Waals surface area (Å²) >= 11 is 0. The van der Waals surface area contributed by atoms with Crippen LogP contribution in [0, 0.1) is 0 Å². The Hall–Kier alpha value is -3.62.